The van der Waals surface area contributed by atoms with E-state index in [0.29, 0.717) is 10.9 Å². The summed E-state index contributed by atoms with van der Waals surface area (Å²) in [7, 11) is 0. The van der Waals surface area contributed by atoms with E-state index in [1.54, 1.807) is 0 Å². The number of hydrogen-bond acceptors (Lipinski definition) is 2. The average Bonchev–Trinajstić information content (AvgIpc) is 2.61. The highest BCUT2D eigenvalue weighted by Crippen LogP contribution is 2.31. The number of rotatable bonds is 3. The van der Waals surface area contributed by atoms with Crippen molar-refractivity contribution in [3.63, 3.8) is 0 Å². The van der Waals surface area contributed by atoms with Crippen LogP contribution in [-0.4, -0.2) is 18.2 Å². The van der Waals surface area contributed by atoms with Gasteiger partial charge in [0.25, 0.3) is 0 Å². The summed E-state index contributed by atoms with van der Waals surface area (Å²) in [6.07, 6.45) is 2.43. The predicted molar refractivity (Wildman–Crippen MR) is 63.1 cm³/mol. The third-order valence-corrected chi connectivity index (χ3v) is 3.12. The molecule has 15 heavy (non-hydrogen) atoms. The molecule has 0 aliphatic carbocycles. The van der Waals surface area contributed by atoms with Gasteiger partial charge < -0.3 is 10.1 Å². The van der Waals surface area contributed by atoms with Crippen molar-refractivity contribution < 1.29 is 4.79 Å². The molecule has 80 valence electrons. The van der Waals surface area contributed by atoms with Gasteiger partial charge in [0.1, 0.15) is 6.29 Å². The number of carbonyl (C=O) groups is 1. The first-order chi connectivity index (χ1) is 7.24. The van der Waals surface area contributed by atoms with Crippen molar-refractivity contribution in [1.82, 2.24) is 0 Å². The summed E-state index contributed by atoms with van der Waals surface area (Å²) in [5.74, 6) is 0.559. The first-order valence-corrected chi connectivity index (χ1v) is 5.75. The lowest BCUT2D eigenvalue weighted by molar-refractivity contribution is -0.108. The van der Waals surface area contributed by atoms with Gasteiger partial charge in [0.15, 0.2) is 0 Å². The first-order valence-electron chi connectivity index (χ1n) is 4.83. The molecular weight excluding hydrogens is 233 g/mol. The smallest absolute Gasteiger partial charge is 0.142 e. The third kappa shape index (κ3) is 2.11. The molecule has 0 amide bonds. The van der Waals surface area contributed by atoms with Gasteiger partial charge >= 0.3 is 0 Å². The van der Waals surface area contributed by atoms with Gasteiger partial charge in [0.2, 0.25) is 0 Å². The van der Waals surface area contributed by atoms with Crippen LogP contribution in [0.15, 0.2) is 12.1 Å². The third-order valence-electron chi connectivity index (χ3n) is 2.58. The lowest BCUT2D eigenvalue weighted by atomic mass is 10.1. The van der Waals surface area contributed by atoms with Gasteiger partial charge in [0, 0.05) is 23.0 Å². The summed E-state index contributed by atoms with van der Waals surface area (Å²) < 4.78 is 0. The topological polar surface area (TPSA) is 29.1 Å². The Morgan fingerprint density at radius 1 is 1.53 bits per heavy atom. The van der Waals surface area contributed by atoms with E-state index in [2.05, 4.69) is 5.32 Å². The Hall–Kier alpha value is -0.730. The van der Waals surface area contributed by atoms with Crippen molar-refractivity contribution in [3.05, 3.63) is 28.3 Å². The van der Waals surface area contributed by atoms with Crippen LogP contribution >= 0.6 is 23.2 Å². The fourth-order valence-electron chi connectivity index (χ4n) is 1.84. The lowest BCUT2D eigenvalue weighted by Crippen LogP contribution is -2.16. The molecule has 1 N–H and O–H groups in total. The Kier molecular flexibility index (Phi) is 3.17. The molecule has 0 bridgehead atoms. The number of halogens is 2. The van der Waals surface area contributed by atoms with Gasteiger partial charge in [-0.1, -0.05) is 17.7 Å². The van der Waals surface area contributed by atoms with Crippen LogP contribution in [0.3, 0.4) is 0 Å². The minimum absolute atomic E-state index is 0.109. The molecule has 0 radical (unpaired) electrons. The SMILES string of the molecule is O=CC1Cc2cc(CCCl)c(Cl)cc2N1. The lowest BCUT2D eigenvalue weighted by Gasteiger charge is -2.06. The highest BCUT2D eigenvalue weighted by atomic mass is 35.5. The molecule has 1 aliphatic rings. The number of nitrogens with one attached hydrogen (secondary N) is 1. The van der Waals surface area contributed by atoms with Crippen LogP contribution < -0.4 is 5.32 Å². The van der Waals surface area contributed by atoms with Crippen LogP contribution in [-0.2, 0) is 17.6 Å². The number of aryl methyl sites for hydroxylation is 1. The van der Waals surface area contributed by atoms with Crippen molar-refractivity contribution in [2.45, 2.75) is 18.9 Å². The summed E-state index contributed by atoms with van der Waals surface area (Å²) >= 11 is 11.8. The van der Waals surface area contributed by atoms with E-state index in [4.69, 9.17) is 23.2 Å². The summed E-state index contributed by atoms with van der Waals surface area (Å²) in [6.45, 7) is 0. The zero-order valence-corrected chi connectivity index (χ0v) is 9.61. The van der Waals surface area contributed by atoms with Crippen molar-refractivity contribution in [3.8, 4) is 0 Å². The van der Waals surface area contributed by atoms with E-state index in [-0.39, 0.29) is 6.04 Å². The number of aldehydes is 1. The maximum Gasteiger partial charge on any atom is 0.142 e. The standard InChI is InChI=1S/C11H11Cl2NO/c12-2-1-7-3-8-4-9(6-15)14-11(8)5-10(7)13/h3,5-6,9,14H,1-2,4H2. The van der Waals surface area contributed by atoms with Crippen molar-refractivity contribution in [1.29, 1.82) is 0 Å². The van der Waals surface area contributed by atoms with E-state index in [1.807, 2.05) is 12.1 Å². The Bertz CT molecular complexity index is 392. The van der Waals surface area contributed by atoms with Crippen LogP contribution in [0.1, 0.15) is 11.1 Å². The second kappa shape index (κ2) is 4.42. The Morgan fingerprint density at radius 3 is 3.00 bits per heavy atom. The molecule has 0 spiro atoms. The maximum atomic E-state index is 10.7. The Labute approximate surface area is 98.6 Å². The zero-order valence-electron chi connectivity index (χ0n) is 8.09. The molecule has 1 aliphatic heterocycles. The fourth-order valence-corrected chi connectivity index (χ4v) is 2.30. The second-order valence-corrected chi connectivity index (χ2v) is 4.42. The summed E-state index contributed by atoms with van der Waals surface area (Å²) in [5.41, 5.74) is 3.17. The molecule has 1 heterocycles. The monoisotopic (exact) mass is 243 g/mol. The van der Waals surface area contributed by atoms with Crippen molar-refractivity contribution in [2.24, 2.45) is 0 Å². The molecule has 0 aromatic heterocycles. The van der Waals surface area contributed by atoms with E-state index in [1.165, 1.54) is 0 Å². The highest BCUT2D eigenvalue weighted by Gasteiger charge is 2.21. The second-order valence-electron chi connectivity index (χ2n) is 3.63. The average molecular weight is 244 g/mol. The van der Waals surface area contributed by atoms with Crippen LogP contribution in [0, 0.1) is 0 Å². The number of hydrogen-bond donors (Lipinski definition) is 1. The largest absolute Gasteiger partial charge is 0.375 e. The molecule has 1 unspecified atom stereocenters. The zero-order chi connectivity index (χ0) is 10.8. The number of benzene rings is 1. The molecule has 0 fully saturated rings. The van der Waals surface area contributed by atoms with E-state index in [9.17, 15) is 4.79 Å². The highest BCUT2D eigenvalue weighted by molar-refractivity contribution is 6.31. The minimum atomic E-state index is -0.109. The normalized spacial score (nSPS) is 18.4. The molecular formula is C11H11Cl2NO. The molecule has 0 saturated heterocycles. The minimum Gasteiger partial charge on any atom is -0.375 e. The summed E-state index contributed by atoms with van der Waals surface area (Å²) in [4.78, 5) is 10.7. The quantitative estimate of drug-likeness (QED) is 0.654. The van der Waals surface area contributed by atoms with Crippen LogP contribution in [0.5, 0.6) is 0 Å². The van der Waals surface area contributed by atoms with Gasteiger partial charge in [0.05, 0.1) is 6.04 Å². The van der Waals surface area contributed by atoms with Gasteiger partial charge in [-0.25, -0.2) is 0 Å². The molecule has 1 aromatic rings. The Balaban J connectivity index is 2.31. The van der Waals surface area contributed by atoms with Gasteiger partial charge in [-0.2, -0.15) is 0 Å². The summed E-state index contributed by atoms with van der Waals surface area (Å²) in [6, 6.07) is 3.81. The number of anilines is 1. The van der Waals surface area contributed by atoms with E-state index < -0.39 is 0 Å². The predicted octanol–water partition coefficient (Wildman–Crippen LogP) is 2.66. The molecule has 4 heteroatoms. The van der Waals surface area contributed by atoms with Gasteiger partial charge in [-0.3, -0.25) is 0 Å². The van der Waals surface area contributed by atoms with Gasteiger partial charge in [-0.05, 0) is 23.6 Å². The number of alkyl halides is 1. The maximum absolute atomic E-state index is 10.7. The Morgan fingerprint density at radius 2 is 2.33 bits per heavy atom. The molecule has 0 saturated carbocycles. The van der Waals surface area contributed by atoms with Crippen LogP contribution in [0.2, 0.25) is 5.02 Å². The van der Waals surface area contributed by atoms with Crippen molar-refractivity contribution in [2.75, 3.05) is 11.2 Å². The fraction of sp³-hybridized carbons (Fsp3) is 0.364. The molecule has 2 nitrogen and oxygen atoms in total. The van der Waals surface area contributed by atoms with Gasteiger partial charge in [-0.15, -0.1) is 11.6 Å². The van der Waals surface area contributed by atoms with Crippen LogP contribution in [0.25, 0.3) is 0 Å². The first kappa shape index (κ1) is 10.8. The molecule has 1 aromatic carbocycles. The van der Waals surface area contributed by atoms with Crippen molar-refractivity contribution >= 4 is 35.2 Å². The summed E-state index contributed by atoms with van der Waals surface area (Å²) in [5, 5.41) is 3.82. The van der Waals surface area contributed by atoms with Crippen LogP contribution in [0.4, 0.5) is 5.69 Å². The van der Waals surface area contributed by atoms with E-state index in [0.717, 1.165) is 35.9 Å². The van der Waals surface area contributed by atoms with E-state index >= 15 is 0 Å². The number of fused-ring (bicyclic) bond motifs is 1. The number of carbonyl (C=O) groups excluding carboxylic acids is 1. The molecule has 1 atom stereocenters. The molecule has 2 rings (SSSR count).